The van der Waals surface area contributed by atoms with Crippen molar-refractivity contribution in [3.8, 4) is 0 Å². The van der Waals surface area contributed by atoms with Gasteiger partial charge in [-0.1, -0.05) is 28.1 Å². The van der Waals surface area contributed by atoms with Crippen LogP contribution < -0.4 is 5.73 Å². The number of nitrogen functional groups attached to an aromatic ring is 1. The molecule has 3 rings (SSSR count). The Hall–Kier alpha value is -1.88. The third-order valence-electron chi connectivity index (χ3n) is 3.28. The van der Waals surface area contributed by atoms with E-state index in [1.54, 1.807) is 12.1 Å². The van der Waals surface area contributed by atoms with E-state index in [1.807, 2.05) is 22.8 Å². The number of aryl methyl sites for hydroxylation is 2. The molecule has 3 aromatic rings. The molecule has 0 spiro atoms. The van der Waals surface area contributed by atoms with Gasteiger partial charge in [-0.3, -0.25) is 0 Å². The lowest BCUT2D eigenvalue weighted by Crippen LogP contribution is -2.05. The Morgan fingerprint density at radius 3 is 2.65 bits per heavy atom. The predicted octanol–water partition coefficient (Wildman–Crippen LogP) is 3.76. The van der Waals surface area contributed by atoms with Gasteiger partial charge in [-0.15, -0.1) is 0 Å². The van der Waals surface area contributed by atoms with Gasteiger partial charge in [-0.05, 0) is 42.3 Å². The minimum absolute atomic E-state index is 0.216. The van der Waals surface area contributed by atoms with Gasteiger partial charge in [0, 0.05) is 11.0 Å². The average molecular weight is 334 g/mol. The van der Waals surface area contributed by atoms with E-state index in [9.17, 15) is 4.39 Å². The Labute approximate surface area is 124 Å². The fraction of sp³-hybridized carbons (Fsp3) is 0.133. The molecule has 0 aliphatic heterocycles. The lowest BCUT2D eigenvalue weighted by atomic mass is 10.1. The van der Waals surface area contributed by atoms with Crippen LogP contribution in [0.5, 0.6) is 0 Å². The first-order valence-electron chi connectivity index (χ1n) is 6.29. The molecule has 2 aromatic carbocycles. The van der Waals surface area contributed by atoms with Gasteiger partial charge in [0.25, 0.3) is 0 Å². The zero-order chi connectivity index (χ0) is 14.1. The monoisotopic (exact) mass is 333 g/mol. The van der Waals surface area contributed by atoms with Gasteiger partial charge in [-0.2, -0.15) is 0 Å². The Bertz CT molecular complexity index is 750. The molecule has 0 aliphatic rings. The topological polar surface area (TPSA) is 43.8 Å². The molecule has 0 bridgehead atoms. The maximum atomic E-state index is 12.9. The largest absolute Gasteiger partial charge is 0.369 e. The molecule has 2 N–H and O–H groups in total. The van der Waals surface area contributed by atoms with Crippen LogP contribution in [0.15, 0.2) is 46.9 Å². The number of aromatic nitrogens is 2. The zero-order valence-corrected chi connectivity index (χ0v) is 12.3. The van der Waals surface area contributed by atoms with Crippen molar-refractivity contribution in [3.05, 3.63) is 58.3 Å². The lowest BCUT2D eigenvalue weighted by Gasteiger charge is -2.06. The fourth-order valence-corrected chi connectivity index (χ4v) is 2.60. The highest BCUT2D eigenvalue weighted by molar-refractivity contribution is 9.10. The third-order valence-corrected chi connectivity index (χ3v) is 3.77. The first-order valence-corrected chi connectivity index (χ1v) is 7.08. The van der Waals surface area contributed by atoms with Crippen LogP contribution in [0.4, 0.5) is 10.3 Å². The predicted molar refractivity (Wildman–Crippen MR) is 81.9 cm³/mol. The molecule has 0 fully saturated rings. The van der Waals surface area contributed by atoms with Crippen molar-refractivity contribution < 1.29 is 4.39 Å². The van der Waals surface area contributed by atoms with E-state index in [-0.39, 0.29) is 5.82 Å². The molecule has 0 amide bonds. The summed E-state index contributed by atoms with van der Waals surface area (Å²) in [5, 5.41) is 0. The number of imidazole rings is 1. The average Bonchev–Trinajstić information content (AvgIpc) is 2.73. The molecule has 0 aliphatic carbocycles. The molecule has 0 radical (unpaired) electrons. The Morgan fingerprint density at radius 1 is 1.15 bits per heavy atom. The smallest absolute Gasteiger partial charge is 0.201 e. The van der Waals surface area contributed by atoms with Crippen molar-refractivity contribution in [1.29, 1.82) is 0 Å². The first kappa shape index (κ1) is 13.1. The number of fused-ring (bicyclic) bond motifs is 1. The van der Waals surface area contributed by atoms with Crippen molar-refractivity contribution in [3.63, 3.8) is 0 Å². The van der Waals surface area contributed by atoms with E-state index >= 15 is 0 Å². The number of hydrogen-bond donors (Lipinski definition) is 1. The first-order chi connectivity index (χ1) is 9.63. The minimum Gasteiger partial charge on any atom is -0.369 e. The van der Waals surface area contributed by atoms with E-state index in [0.717, 1.165) is 34.0 Å². The molecule has 0 saturated carbocycles. The van der Waals surface area contributed by atoms with Gasteiger partial charge in [0.2, 0.25) is 5.95 Å². The van der Waals surface area contributed by atoms with Crippen LogP contribution in [0, 0.1) is 5.82 Å². The van der Waals surface area contributed by atoms with Crippen molar-refractivity contribution in [2.75, 3.05) is 5.73 Å². The van der Waals surface area contributed by atoms with E-state index in [2.05, 4.69) is 20.9 Å². The Kier molecular flexibility index (Phi) is 3.44. The van der Waals surface area contributed by atoms with E-state index in [4.69, 9.17) is 5.73 Å². The normalized spacial score (nSPS) is 11.1. The van der Waals surface area contributed by atoms with Gasteiger partial charge in [0.05, 0.1) is 11.0 Å². The van der Waals surface area contributed by atoms with Gasteiger partial charge < -0.3 is 10.3 Å². The number of nitrogens with two attached hydrogens (primary N) is 1. The number of anilines is 1. The second-order valence-electron chi connectivity index (χ2n) is 4.63. The molecule has 0 atom stereocenters. The molecule has 0 saturated heterocycles. The van der Waals surface area contributed by atoms with Crippen molar-refractivity contribution in [2.45, 2.75) is 13.0 Å². The van der Waals surface area contributed by atoms with Crippen LogP contribution in [0.2, 0.25) is 0 Å². The van der Waals surface area contributed by atoms with Crippen LogP contribution in [0.1, 0.15) is 5.56 Å². The summed E-state index contributed by atoms with van der Waals surface area (Å²) in [6, 6.07) is 12.4. The number of benzene rings is 2. The highest BCUT2D eigenvalue weighted by Gasteiger charge is 2.08. The number of rotatable bonds is 3. The number of nitrogens with zero attached hydrogens (tertiary/aromatic N) is 2. The van der Waals surface area contributed by atoms with Crippen LogP contribution in [0.3, 0.4) is 0 Å². The molecule has 1 aromatic heterocycles. The highest BCUT2D eigenvalue weighted by atomic mass is 79.9. The summed E-state index contributed by atoms with van der Waals surface area (Å²) in [5.41, 5.74) is 8.92. The number of hydrogen-bond acceptors (Lipinski definition) is 2. The van der Waals surface area contributed by atoms with Crippen molar-refractivity contribution in [1.82, 2.24) is 9.55 Å². The summed E-state index contributed by atoms with van der Waals surface area (Å²) in [6.07, 6.45) is 0.784. The molecule has 5 heteroatoms. The Balaban J connectivity index is 1.87. The van der Waals surface area contributed by atoms with Gasteiger partial charge >= 0.3 is 0 Å². The van der Waals surface area contributed by atoms with Gasteiger partial charge in [0.1, 0.15) is 5.82 Å². The molecular formula is C15H13BrFN3. The van der Waals surface area contributed by atoms with Crippen LogP contribution in [0.25, 0.3) is 11.0 Å². The summed E-state index contributed by atoms with van der Waals surface area (Å²) < 4.78 is 15.8. The summed E-state index contributed by atoms with van der Waals surface area (Å²) in [5.74, 6) is 0.284. The summed E-state index contributed by atoms with van der Waals surface area (Å²) in [4.78, 5) is 4.35. The summed E-state index contributed by atoms with van der Waals surface area (Å²) in [7, 11) is 0. The summed E-state index contributed by atoms with van der Waals surface area (Å²) >= 11 is 3.42. The maximum Gasteiger partial charge on any atom is 0.201 e. The van der Waals surface area contributed by atoms with E-state index in [1.165, 1.54) is 12.1 Å². The van der Waals surface area contributed by atoms with Gasteiger partial charge in [-0.25, -0.2) is 9.37 Å². The highest BCUT2D eigenvalue weighted by Crippen LogP contribution is 2.22. The lowest BCUT2D eigenvalue weighted by molar-refractivity contribution is 0.626. The van der Waals surface area contributed by atoms with Crippen LogP contribution in [-0.2, 0) is 13.0 Å². The van der Waals surface area contributed by atoms with Crippen LogP contribution >= 0.6 is 15.9 Å². The standard InChI is InChI=1S/C15H13BrFN3/c16-11-3-6-14-13(9-11)19-15(18)20(14)8-7-10-1-4-12(17)5-2-10/h1-6,9H,7-8H2,(H2,18,19). The third kappa shape index (κ3) is 2.54. The maximum absolute atomic E-state index is 12.9. The van der Waals surface area contributed by atoms with Gasteiger partial charge in [0.15, 0.2) is 0 Å². The second kappa shape index (κ2) is 5.25. The summed E-state index contributed by atoms with van der Waals surface area (Å²) in [6.45, 7) is 0.718. The molecule has 20 heavy (non-hydrogen) atoms. The van der Waals surface area contributed by atoms with Crippen molar-refractivity contribution >= 4 is 32.9 Å². The van der Waals surface area contributed by atoms with Crippen LogP contribution in [-0.4, -0.2) is 9.55 Å². The van der Waals surface area contributed by atoms with E-state index < -0.39 is 0 Å². The molecule has 102 valence electrons. The second-order valence-corrected chi connectivity index (χ2v) is 5.55. The molecule has 0 unspecified atom stereocenters. The van der Waals surface area contributed by atoms with Crippen molar-refractivity contribution in [2.24, 2.45) is 0 Å². The zero-order valence-electron chi connectivity index (χ0n) is 10.7. The minimum atomic E-state index is -0.216. The fourth-order valence-electron chi connectivity index (χ4n) is 2.25. The van der Waals surface area contributed by atoms with E-state index in [0.29, 0.717) is 5.95 Å². The SMILES string of the molecule is Nc1nc2cc(Br)ccc2n1CCc1ccc(F)cc1. The number of halogens is 2. The Morgan fingerprint density at radius 2 is 1.90 bits per heavy atom. The molecular weight excluding hydrogens is 321 g/mol. The quantitative estimate of drug-likeness (QED) is 0.793. The molecule has 1 heterocycles. The molecule has 3 nitrogen and oxygen atoms in total.